The topological polar surface area (TPSA) is 67.0 Å². The van der Waals surface area contributed by atoms with Gasteiger partial charge in [-0.3, -0.25) is 4.79 Å². The minimum atomic E-state index is -0.193. The van der Waals surface area contributed by atoms with Gasteiger partial charge in [-0.15, -0.1) is 0 Å². The zero-order valence-electron chi connectivity index (χ0n) is 14.5. The van der Waals surface area contributed by atoms with E-state index in [0.717, 1.165) is 53.9 Å². The molecule has 0 spiro atoms. The van der Waals surface area contributed by atoms with Gasteiger partial charge < -0.3 is 10.1 Å². The molecule has 0 bridgehead atoms. The zero-order chi connectivity index (χ0) is 17.4. The molecule has 0 atom stereocenters. The molecule has 2 heterocycles. The zero-order valence-corrected chi connectivity index (χ0v) is 14.5. The molecule has 0 aliphatic carbocycles. The molecule has 5 nitrogen and oxygen atoms in total. The summed E-state index contributed by atoms with van der Waals surface area (Å²) in [5.74, 6) is 0.745. The summed E-state index contributed by atoms with van der Waals surface area (Å²) >= 11 is 0. The van der Waals surface area contributed by atoms with Gasteiger partial charge in [-0.25, -0.2) is 5.10 Å². The van der Waals surface area contributed by atoms with Gasteiger partial charge in [0.05, 0.1) is 18.2 Å². The summed E-state index contributed by atoms with van der Waals surface area (Å²) in [5, 5.41) is 11.9. The third-order valence-corrected chi connectivity index (χ3v) is 4.94. The van der Waals surface area contributed by atoms with E-state index in [4.69, 9.17) is 4.74 Å². The van der Waals surface area contributed by atoms with Crippen molar-refractivity contribution in [2.45, 2.75) is 26.3 Å². The Labute approximate surface area is 146 Å². The summed E-state index contributed by atoms with van der Waals surface area (Å²) in [6, 6.07) is 10.3. The van der Waals surface area contributed by atoms with E-state index >= 15 is 0 Å². The monoisotopic (exact) mass is 335 g/mol. The van der Waals surface area contributed by atoms with Gasteiger partial charge in [0.1, 0.15) is 5.75 Å². The summed E-state index contributed by atoms with van der Waals surface area (Å²) in [5.41, 5.74) is 5.41. The predicted molar refractivity (Wildman–Crippen MR) is 99.1 cm³/mol. The third kappa shape index (κ3) is 2.70. The van der Waals surface area contributed by atoms with Gasteiger partial charge in [0.2, 0.25) is 0 Å². The Kier molecular flexibility index (Phi) is 4.01. The summed E-state index contributed by atoms with van der Waals surface area (Å²) < 4.78 is 5.44. The molecule has 5 heteroatoms. The fourth-order valence-corrected chi connectivity index (χ4v) is 3.55. The van der Waals surface area contributed by atoms with Crippen molar-refractivity contribution in [1.29, 1.82) is 0 Å². The molecular weight excluding hydrogens is 314 g/mol. The van der Waals surface area contributed by atoms with Crippen molar-refractivity contribution in [3.63, 3.8) is 0 Å². The molecule has 0 unspecified atom stereocenters. The minimum absolute atomic E-state index is 0.193. The van der Waals surface area contributed by atoms with E-state index in [2.05, 4.69) is 40.6 Å². The fourth-order valence-electron chi connectivity index (χ4n) is 3.55. The lowest BCUT2D eigenvalue weighted by atomic mass is 9.95. The van der Waals surface area contributed by atoms with Crippen LogP contribution in [0.5, 0.6) is 5.75 Å². The first-order valence-corrected chi connectivity index (χ1v) is 8.63. The number of ether oxygens (including phenoxy) is 1. The number of benzene rings is 2. The first kappa shape index (κ1) is 15.8. The van der Waals surface area contributed by atoms with Crippen LogP contribution in [0.2, 0.25) is 0 Å². The maximum atomic E-state index is 12.3. The second-order valence-electron chi connectivity index (χ2n) is 6.37. The Morgan fingerprint density at radius 1 is 1.16 bits per heavy atom. The van der Waals surface area contributed by atoms with Crippen LogP contribution >= 0.6 is 0 Å². The summed E-state index contributed by atoms with van der Waals surface area (Å²) in [7, 11) is 1.63. The Morgan fingerprint density at radius 3 is 2.84 bits per heavy atom. The number of rotatable bonds is 3. The van der Waals surface area contributed by atoms with Gasteiger partial charge in [0.25, 0.3) is 5.56 Å². The van der Waals surface area contributed by atoms with Crippen LogP contribution in [0.25, 0.3) is 22.0 Å². The lowest BCUT2D eigenvalue weighted by Gasteiger charge is -2.18. The number of H-pyrrole nitrogens is 1. The van der Waals surface area contributed by atoms with Crippen molar-refractivity contribution in [2.24, 2.45) is 0 Å². The van der Waals surface area contributed by atoms with Gasteiger partial charge in [0.15, 0.2) is 0 Å². The molecule has 4 rings (SSSR count). The number of aromatic amines is 1. The number of methoxy groups -OCH3 is 1. The molecule has 2 N–H and O–H groups in total. The van der Waals surface area contributed by atoms with Crippen LogP contribution in [0.4, 0.5) is 0 Å². The fraction of sp³-hybridized carbons (Fsp3) is 0.300. The molecule has 128 valence electrons. The molecule has 25 heavy (non-hydrogen) atoms. The van der Waals surface area contributed by atoms with Crippen LogP contribution < -0.4 is 15.6 Å². The summed E-state index contributed by atoms with van der Waals surface area (Å²) in [4.78, 5) is 12.3. The average molecular weight is 335 g/mol. The Morgan fingerprint density at radius 2 is 2.04 bits per heavy atom. The largest absolute Gasteiger partial charge is 0.496 e. The predicted octanol–water partition coefficient (Wildman–Crippen LogP) is 2.81. The van der Waals surface area contributed by atoms with E-state index in [1.54, 1.807) is 7.11 Å². The molecule has 1 aliphatic heterocycles. The lowest BCUT2D eigenvalue weighted by molar-refractivity contribution is 0.411. The highest BCUT2D eigenvalue weighted by molar-refractivity contribution is 5.95. The lowest BCUT2D eigenvalue weighted by Crippen LogP contribution is -2.23. The molecule has 0 amide bonds. The van der Waals surface area contributed by atoms with Crippen LogP contribution in [-0.4, -0.2) is 23.9 Å². The number of fused-ring (bicyclic) bond motifs is 2. The molecule has 2 aromatic carbocycles. The molecule has 0 saturated heterocycles. The van der Waals surface area contributed by atoms with Crippen LogP contribution in [0.1, 0.15) is 23.6 Å². The van der Waals surface area contributed by atoms with Crippen molar-refractivity contribution in [2.75, 3.05) is 13.7 Å². The molecule has 1 aromatic heterocycles. The number of aromatic nitrogens is 2. The van der Waals surface area contributed by atoms with Crippen LogP contribution in [0.3, 0.4) is 0 Å². The average Bonchev–Trinajstić information content (AvgIpc) is 2.67. The van der Waals surface area contributed by atoms with E-state index in [-0.39, 0.29) is 5.56 Å². The first-order chi connectivity index (χ1) is 12.2. The quantitative estimate of drug-likeness (QED) is 0.772. The Hall–Kier alpha value is -2.66. The van der Waals surface area contributed by atoms with E-state index in [0.29, 0.717) is 5.39 Å². The highest BCUT2D eigenvalue weighted by Crippen LogP contribution is 2.31. The second kappa shape index (κ2) is 6.33. The Bertz CT molecular complexity index is 1010. The maximum absolute atomic E-state index is 12.3. The molecule has 1 aliphatic rings. The minimum Gasteiger partial charge on any atom is -0.496 e. The number of hydrogen-bond acceptors (Lipinski definition) is 4. The number of hydrogen-bond donors (Lipinski definition) is 2. The smallest absolute Gasteiger partial charge is 0.272 e. The van der Waals surface area contributed by atoms with Crippen molar-refractivity contribution in [3.8, 4) is 17.0 Å². The maximum Gasteiger partial charge on any atom is 0.272 e. The Balaban J connectivity index is 1.96. The van der Waals surface area contributed by atoms with E-state index < -0.39 is 0 Å². The van der Waals surface area contributed by atoms with E-state index in [9.17, 15) is 4.79 Å². The van der Waals surface area contributed by atoms with Crippen molar-refractivity contribution in [1.82, 2.24) is 15.5 Å². The van der Waals surface area contributed by atoms with E-state index in [1.165, 1.54) is 11.1 Å². The van der Waals surface area contributed by atoms with Gasteiger partial charge in [-0.1, -0.05) is 19.1 Å². The third-order valence-electron chi connectivity index (χ3n) is 4.94. The first-order valence-electron chi connectivity index (χ1n) is 8.63. The van der Waals surface area contributed by atoms with E-state index in [1.807, 2.05) is 12.1 Å². The SMILES string of the molecule is CCc1cc2c(-c3ccc4c(c3)CCNC4)n[nH]c(=O)c2cc1OC. The van der Waals surface area contributed by atoms with Crippen LogP contribution in [0.15, 0.2) is 35.1 Å². The summed E-state index contributed by atoms with van der Waals surface area (Å²) in [6.45, 7) is 3.98. The van der Waals surface area contributed by atoms with Gasteiger partial charge >= 0.3 is 0 Å². The van der Waals surface area contributed by atoms with Crippen molar-refractivity contribution in [3.05, 3.63) is 57.4 Å². The number of nitrogens with one attached hydrogen (secondary N) is 2. The molecule has 3 aromatic rings. The van der Waals surface area contributed by atoms with Crippen molar-refractivity contribution < 1.29 is 4.74 Å². The number of aryl methyl sites for hydroxylation is 1. The second-order valence-corrected chi connectivity index (χ2v) is 6.37. The molecule has 0 saturated carbocycles. The standard InChI is InChI=1S/C20H21N3O2/c1-3-12-9-16-17(10-18(12)25-2)20(24)23-22-19(16)14-4-5-15-11-21-7-6-13(15)8-14/h4-5,8-10,21H,3,6-7,11H2,1-2H3,(H,23,24). The molecule has 0 fully saturated rings. The number of nitrogens with zero attached hydrogens (tertiary/aromatic N) is 1. The molecule has 0 radical (unpaired) electrons. The normalized spacial score (nSPS) is 13.7. The van der Waals surface area contributed by atoms with Gasteiger partial charge in [-0.2, -0.15) is 5.10 Å². The highest BCUT2D eigenvalue weighted by Gasteiger charge is 2.15. The summed E-state index contributed by atoms with van der Waals surface area (Å²) in [6.07, 6.45) is 1.85. The van der Waals surface area contributed by atoms with Gasteiger partial charge in [-0.05, 0) is 54.3 Å². The van der Waals surface area contributed by atoms with Gasteiger partial charge in [0, 0.05) is 17.5 Å². The van der Waals surface area contributed by atoms with Crippen LogP contribution in [-0.2, 0) is 19.4 Å². The van der Waals surface area contributed by atoms with Crippen molar-refractivity contribution >= 4 is 10.8 Å². The highest BCUT2D eigenvalue weighted by atomic mass is 16.5. The molecular formula is C20H21N3O2. The van der Waals surface area contributed by atoms with Crippen LogP contribution in [0, 0.1) is 0 Å².